The van der Waals surface area contributed by atoms with Crippen LogP contribution in [0, 0.1) is 0 Å². The fourth-order valence-electron chi connectivity index (χ4n) is 3.13. The van der Waals surface area contributed by atoms with E-state index in [4.69, 9.17) is 0 Å². The van der Waals surface area contributed by atoms with Crippen molar-refractivity contribution in [2.45, 2.75) is 32.6 Å². The molecule has 0 aliphatic heterocycles. The molecule has 0 radical (unpaired) electrons. The van der Waals surface area contributed by atoms with E-state index in [1.807, 2.05) is 28.9 Å². The van der Waals surface area contributed by atoms with Crippen molar-refractivity contribution >= 4 is 21.8 Å². The lowest BCUT2D eigenvalue weighted by Gasteiger charge is -2.14. The first-order chi connectivity index (χ1) is 11.7. The summed E-state index contributed by atoms with van der Waals surface area (Å²) >= 11 is 3.51. The lowest BCUT2D eigenvalue weighted by molar-refractivity contribution is 0.0947. The maximum absolute atomic E-state index is 12.6. The summed E-state index contributed by atoms with van der Waals surface area (Å²) in [6.07, 6.45) is 4.17. The number of nitrogens with one attached hydrogen (secondary N) is 2. The summed E-state index contributed by atoms with van der Waals surface area (Å²) in [5.74, 6) is -0.0696. The predicted octanol–water partition coefficient (Wildman–Crippen LogP) is 2.85. The van der Waals surface area contributed by atoms with Gasteiger partial charge in [0, 0.05) is 28.8 Å². The van der Waals surface area contributed by atoms with E-state index in [0.717, 1.165) is 54.5 Å². The number of benzene rings is 1. The van der Waals surface area contributed by atoms with Crippen LogP contribution in [-0.2, 0) is 12.8 Å². The van der Waals surface area contributed by atoms with Crippen LogP contribution in [0.5, 0.6) is 0 Å². The minimum atomic E-state index is -0.0696. The molecule has 0 saturated heterocycles. The molecule has 2 N–H and O–H groups in total. The van der Waals surface area contributed by atoms with Crippen LogP contribution in [0.2, 0.25) is 0 Å². The Bertz CT molecular complexity index is 726. The Hall–Kier alpha value is -1.66. The van der Waals surface area contributed by atoms with Crippen LogP contribution >= 0.6 is 15.9 Å². The minimum absolute atomic E-state index is 0.0696. The highest BCUT2D eigenvalue weighted by Crippen LogP contribution is 2.27. The minimum Gasteiger partial charge on any atom is -0.349 e. The molecular weight excluding hydrogens is 368 g/mol. The van der Waals surface area contributed by atoms with E-state index in [-0.39, 0.29) is 5.91 Å². The zero-order valence-corrected chi connectivity index (χ0v) is 15.5. The van der Waals surface area contributed by atoms with Gasteiger partial charge in [0.25, 0.3) is 5.91 Å². The van der Waals surface area contributed by atoms with E-state index in [2.05, 4.69) is 38.6 Å². The Kier molecular flexibility index (Phi) is 5.68. The van der Waals surface area contributed by atoms with E-state index < -0.39 is 0 Å². The molecule has 3 rings (SSSR count). The fraction of sp³-hybridized carbons (Fsp3) is 0.444. The molecule has 6 heteroatoms. The molecule has 1 aromatic carbocycles. The predicted molar refractivity (Wildman–Crippen MR) is 98.8 cm³/mol. The topological polar surface area (TPSA) is 58.9 Å². The highest BCUT2D eigenvalue weighted by atomic mass is 79.9. The van der Waals surface area contributed by atoms with Crippen molar-refractivity contribution < 1.29 is 4.79 Å². The molecule has 2 aromatic rings. The molecule has 1 amide bonds. The normalized spacial score (nSPS) is 13.6. The number of nitrogens with zero attached hydrogens (tertiary/aromatic N) is 2. The third-order valence-corrected chi connectivity index (χ3v) is 4.78. The zero-order valence-electron chi connectivity index (χ0n) is 13.9. The van der Waals surface area contributed by atoms with E-state index in [1.54, 1.807) is 0 Å². The van der Waals surface area contributed by atoms with Gasteiger partial charge in [0.2, 0.25) is 0 Å². The quantitative estimate of drug-likeness (QED) is 0.745. The number of hydrogen-bond acceptors (Lipinski definition) is 3. The number of hydrogen-bond donors (Lipinski definition) is 2. The highest BCUT2D eigenvalue weighted by Gasteiger charge is 2.25. The second-order valence-electron chi connectivity index (χ2n) is 5.98. The van der Waals surface area contributed by atoms with E-state index >= 15 is 0 Å². The zero-order chi connectivity index (χ0) is 16.9. The van der Waals surface area contributed by atoms with Crippen molar-refractivity contribution in [1.29, 1.82) is 0 Å². The molecule has 1 aliphatic carbocycles. The van der Waals surface area contributed by atoms with Crippen molar-refractivity contribution in [2.24, 2.45) is 0 Å². The third kappa shape index (κ3) is 3.70. The second kappa shape index (κ2) is 7.94. The number of amides is 1. The van der Waals surface area contributed by atoms with Gasteiger partial charge in [-0.25, -0.2) is 4.68 Å². The summed E-state index contributed by atoms with van der Waals surface area (Å²) in [7, 11) is 0. The first-order valence-electron chi connectivity index (χ1n) is 8.56. The summed E-state index contributed by atoms with van der Waals surface area (Å²) in [6.45, 7) is 4.35. The second-order valence-corrected chi connectivity index (χ2v) is 6.90. The molecule has 5 nitrogen and oxygen atoms in total. The van der Waals surface area contributed by atoms with Gasteiger partial charge in [-0.15, -0.1) is 0 Å². The lowest BCUT2D eigenvalue weighted by atomic mass is 9.95. The van der Waals surface area contributed by atoms with Gasteiger partial charge < -0.3 is 10.6 Å². The maximum Gasteiger partial charge on any atom is 0.272 e. The Balaban J connectivity index is 1.89. The van der Waals surface area contributed by atoms with Gasteiger partial charge in [-0.3, -0.25) is 4.79 Å². The monoisotopic (exact) mass is 390 g/mol. The molecule has 24 heavy (non-hydrogen) atoms. The van der Waals surface area contributed by atoms with Gasteiger partial charge in [-0.1, -0.05) is 28.9 Å². The molecule has 1 heterocycles. The average Bonchev–Trinajstić information content (AvgIpc) is 2.98. The van der Waals surface area contributed by atoms with Crippen molar-refractivity contribution in [3.63, 3.8) is 0 Å². The molecule has 128 valence electrons. The van der Waals surface area contributed by atoms with Crippen molar-refractivity contribution in [2.75, 3.05) is 19.6 Å². The number of aromatic nitrogens is 2. The number of likely N-dealkylation sites (N-methyl/N-ethyl adjacent to an activating group) is 1. The maximum atomic E-state index is 12.6. The third-order valence-electron chi connectivity index (χ3n) is 4.29. The Labute approximate surface area is 151 Å². The van der Waals surface area contributed by atoms with Gasteiger partial charge >= 0.3 is 0 Å². The Morgan fingerprint density at radius 2 is 2.12 bits per heavy atom. The number of carbonyl (C=O) groups excluding carboxylic acids is 1. The average molecular weight is 391 g/mol. The number of carbonyl (C=O) groups is 1. The van der Waals surface area contributed by atoms with Crippen molar-refractivity contribution in [1.82, 2.24) is 20.4 Å². The molecule has 0 saturated carbocycles. The smallest absolute Gasteiger partial charge is 0.272 e. The summed E-state index contributed by atoms with van der Waals surface area (Å²) < 4.78 is 2.95. The standard InChI is InChI=1S/C18H23BrN4O/c1-2-20-10-11-21-18(24)17-15-8-3-4-9-16(15)23(22-17)14-7-5-6-13(19)12-14/h5-7,12,20H,2-4,8-11H2,1H3,(H,21,24). The van der Waals surface area contributed by atoms with E-state index in [0.29, 0.717) is 12.2 Å². The van der Waals surface area contributed by atoms with Crippen LogP contribution in [0.15, 0.2) is 28.7 Å². The van der Waals surface area contributed by atoms with Crippen LogP contribution < -0.4 is 10.6 Å². The van der Waals surface area contributed by atoms with Crippen LogP contribution in [0.25, 0.3) is 5.69 Å². The molecule has 0 bridgehead atoms. The number of halogens is 1. The highest BCUT2D eigenvalue weighted by molar-refractivity contribution is 9.10. The Morgan fingerprint density at radius 1 is 1.29 bits per heavy atom. The lowest BCUT2D eigenvalue weighted by Crippen LogP contribution is -2.32. The van der Waals surface area contributed by atoms with Gasteiger partial charge in [0.15, 0.2) is 5.69 Å². The SMILES string of the molecule is CCNCCNC(=O)c1nn(-c2cccc(Br)c2)c2c1CCCC2. The van der Waals surface area contributed by atoms with E-state index in [9.17, 15) is 4.79 Å². The number of fused-ring (bicyclic) bond motifs is 1. The van der Waals surface area contributed by atoms with E-state index in [1.165, 1.54) is 5.69 Å². The molecule has 0 atom stereocenters. The molecular formula is C18H23BrN4O. The van der Waals surface area contributed by atoms with Crippen molar-refractivity contribution in [3.8, 4) is 5.69 Å². The van der Waals surface area contributed by atoms with Crippen LogP contribution in [0.3, 0.4) is 0 Å². The molecule has 0 fully saturated rings. The van der Waals surface area contributed by atoms with Gasteiger partial charge in [-0.05, 0) is 50.4 Å². The first kappa shape index (κ1) is 17.2. The fourth-order valence-corrected chi connectivity index (χ4v) is 3.51. The molecule has 1 aliphatic rings. The number of rotatable bonds is 6. The Morgan fingerprint density at radius 3 is 2.92 bits per heavy atom. The van der Waals surface area contributed by atoms with Crippen LogP contribution in [0.4, 0.5) is 0 Å². The largest absolute Gasteiger partial charge is 0.349 e. The van der Waals surface area contributed by atoms with Gasteiger partial charge in [0.05, 0.1) is 5.69 Å². The summed E-state index contributed by atoms with van der Waals surface area (Å²) in [6, 6.07) is 8.05. The molecule has 1 aromatic heterocycles. The first-order valence-corrected chi connectivity index (χ1v) is 9.35. The van der Waals surface area contributed by atoms with Gasteiger partial charge in [-0.2, -0.15) is 5.10 Å². The van der Waals surface area contributed by atoms with Crippen LogP contribution in [-0.4, -0.2) is 35.3 Å². The molecule has 0 spiro atoms. The van der Waals surface area contributed by atoms with Gasteiger partial charge in [0.1, 0.15) is 0 Å². The molecule has 0 unspecified atom stereocenters. The van der Waals surface area contributed by atoms with Crippen molar-refractivity contribution in [3.05, 3.63) is 45.7 Å². The summed E-state index contributed by atoms with van der Waals surface area (Å²) in [4.78, 5) is 12.6. The summed E-state index contributed by atoms with van der Waals surface area (Å²) in [5.41, 5.74) is 3.87. The van der Waals surface area contributed by atoms with Crippen LogP contribution in [0.1, 0.15) is 41.5 Å². The summed E-state index contributed by atoms with van der Waals surface area (Å²) in [5, 5.41) is 10.8.